The van der Waals surface area contributed by atoms with E-state index in [1.54, 1.807) is 22.7 Å². The van der Waals surface area contributed by atoms with E-state index in [0.29, 0.717) is 5.92 Å². The topological polar surface area (TPSA) is 0 Å². The number of rotatable bonds is 2. The Kier molecular flexibility index (Phi) is 4.28. The number of thiophene rings is 2. The van der Waals surface area contributed by atoms with Gasteiger partial charge in [-0.3, -0.25) is 0 Å². The third-order valence-electron chi connectivity index (χ3n) is 2.14. The Morgan fingerprint density at radius 1 is 1.12 bits per heavy atom. The molecular formula is C14H13ClS2. The minimum Gasteiger partial charge on any atom is -0.126 e. The Bertz CT molecular complexity index is 552. The lowest BCUT2D eigenvalue weighted by atomic mass is 10.1. The molecule has 2 heterocycles. The first-order chi connectivity index (χ1) is 8.15. The lowest BCUT2D eigenvalue weighted by Crippen LogP contribution is -1.81. The molecule has 0 amide bonds. The largest absolute Gasteiger partial charge is 0.126 e. The summed E-state index contributed by atoms with van der Waals surface area (Å²) in [7, 11) is 0. The fourth-order valence-corrected chi connectivity index (χ4v) is 3.34. The standard InChI is InChI=1S/C14H13ClS2/c1-10(2)4-3-5-11-6-7-12(16-11)13-8-9-14(15)17-13/h6-10H,4H2,1-2H3. The van der Waals surface area contributed by atoms with Crippen LogP contribution in [0.4, 0.5) is 0 Å². The third kappa shape index (κ3) is 3.61. The van der Waals surface area contributed by atoms with Crippen molar-refractivity contribution >= 4 is 34.3 Å². The van der Waals surface area contributed by atoms with Gasteiger partial charge in [0.1, 0.15) is 0 Å². The summed E-state index contributed by atoms with van der Waals surface area (Å²) in [6, 6.07) is 8.20. The van der Waals surface area contributed by atoms with Crippen LogP contribution in [0.2, 0.25) is 4.34 Å². The maximum atomic E-state index is 5.93. The maximum absolute atomic E-state index is 5.93. The smallest absolute Gasteiger partial charge is 0.0935 e. The van der Waals surface area contributed by atoms with Crippen molar-refractivity contribution < 1.29 is 0 Å². The monoisotopic (exact) mass is 280 g/mol. The fourth-order valence-electron chi connectivity index (χ4n) is 1.33. The summed E-state index contributed by atoms with van der Waals surface area (Å²) in [6.45, 7) is 4.37. The van der Waals surface area contributed by atoms with Gasteiger partial charge in [0.2, 0.25) is 0 Å². The van der Waals surface area contributed by atoms with Crippen molar-refractivity contribution in [3.05, 3.63) is 33.5 Å². The van der Waals surface area contributed by atoms with Gasteiger partial charge in [0.15, 0.2) is 0 Å². The Balaban J connectivity index is 2.13. The van der Waals surface area contributed by atoms with Gasteiger partial charge in [-0.05, 0) is 30.2 Å². The quantitative estimate of drug-likeness (QED) is 0.635. The van der Waals surface area contributed by atoms with Crippen LogP contribution in [0.3, 0.4) is 0 Å². The average molecular weight is 281 g/mol. The van der Waals surface area contributed by atoms with Crippen LogP contribution in [0.25, 0.3) is 9.75 Å². The Morgan fingerprint density at radius 2 is 1.82 bits per heavy atom. The second kappa shape index (κ2) is 5.73. The van der Waals surface area contributed by atoms with Crippen molar-refractivity contribution in [3.63, 3.8) is 0 Å². The van der Waals surface area contributed by atoms with E-state index in [9.17, 15) is 0 Å². The second-order valence-corrected chi connectivity index (χ2v) is 6.97. The van der Waals surface area contributed by atoms with Crippen molar-refractivity contribution in [3.8, 4) is 21.6 Å². The van der Waals surface area contributed by atoms with Gasteiger partial charge in [-0.25, -0.2) is 0 Å². The molecule has 0 aliphatic carbocycles. The van der Waals surface area contributed by atoms with E-state index in [0.717, 1.165) is 15.6 Å². The van der Waals surface area contributed by atoms with Crippen LogP contribution in [0.1, 0.15) is 25.1 Å². The van der Waals surface area contributed by atoms with Crippen LogP contribution in [0, 0.1) is 17.8 Å². The lowest BCUT2D eigenvalue weighted by molar-refractivity contribution is 0.676. The predicted molar refractivity (Wildman–Crippen MR) is 79.0 cm³/mol. The molecular weight excluding hydrogens is 268 g/mol. The first kappa shape index (κ1) is 12.7. The van der Waals surface area contributed by atoms with E-state index in [4.69, 9.17) is 11.6 Å². The van der Waals surface area contributed by atoms with Gasteiger partial charge in [0.05, 0.1) is 9.21 Å². The summed E-state index contributed by atoms with van der Waals surface area (Å²) in [5, 5.41) is 0. The van der Waals surface area contributed by atoms with Crippen molar-refractivity contribution in [2.24, 2.45) is 5.92 Å². The number of halogens is 1. The average Bonchev–Trinajstić information content (AvgIpc) is 2.86. The molecule has 0 bridgehead atoms. The highest BCUT2D eigenvalue weighted by Gasteiger charge is 2.04. The van der Waals surface area contributed by atoms with Crippen LogP contribution < -0.4 is 0 Å². The zero-order valence-corrected chi connectivity index (χ0v) is 12.2. The van der Waals surface area contributed by atoms with Gasteiger partial charge in [-0.15, -0.1) is 22.7 Å². The summed E-state index contributed by atoms with van der Waals surface area (Å²) in [5.41, 5.74) is 0. The van der Waals surface area contributed by atoms with Gasteiger partial charge in [-0.1, -0.05) is 37.3 Å². The van der Waals surface area contributed by atoms with Gasteiger partial charge in [0, 0.05) is 16.2 Å². The molecule has 0 saturated heterocycles. The van der Waals surface area contributed by atoms with E-state index in [-0.39, 0.29) is 0 Å². The van der Waals surface area contributed by atoms with Crippen molar-refractivity contribution in [1.82, 2.24) is 0 Å². The first-order valence-electron chi connectivity index (χ1n) is 5.49. The Morgan fingerprint density at radius 3 is 2.47 bits per heavy atom. The van der Waals surface area contributed by atoms with Crippen LogP contribution in [0.15, 0.2) is 24.3 Å². The van der Waals surface area contributed by atoms with Crippen molar-refractivity contribution in [1.29, 1.82) is 0 Å². The summed E-state index contributed by atoms with van der Waals surface area (Å²) in [6.07, 6.45) is 0.956. The highest BCUT2D eigenvalue weighted by molar-refractivity contribution is 7.24. The van der Waals surface area contributed by atoms with Crippen LogP contribution in [0.5, 0.6) is 0 Å². The van der Waals surface area contributed by atoms with Crippen LogP contribution >= 0.6 is 34.3 Å². The van der Waals surface area contributed by atoms with Gasteiger partial charge in [-0.2, -0.15) is 0 Å². The molecule has 0 spiro atoms. The lowest BCUT2D eigenvalue weighted by Gasteiger charge is -1.92. The third-order valence-corrected chi connectivity index (χ3v) is 4.57. The molecule has 0 atom stereocenters. The summed E-state index contributed by atoms with van der Waals surface area (Å²) >= 11 is 9.27. The maximum Gasteiger partial charge on any atom is 0.0935 e. The minimum absolute atomic E-state index is 0.637. The second-order valence-electron chi connectivity index (χ2n) is 4.17. The molecule has 17 heavy (non-hydrogen) atoms. The summed E-state index contributed by atoms with van der Waals surface area (Å²) in [5.74, 6) is 7.06. The van der Waals surface area contributed by atoms with E-state index in [2.05, 4.69) is 43.9 Å². The molecule has 0 saturated carbocycles. The summed E-state index contributed by atoms with van der Waals surface area (Å²) in [4.78, 5) is 3.60. The van der Waals surface area contributed by atoms with Gasteiger partial charge in [0.25, 0.3) is 0 Å². The predicted octanol–water partition coefficient (Wildman–Crippen LogP) is 5.53. The zero-order chi connectivity index (χ0) is 12.3. The van der Waals surface area contributed by atoms with Crippen molar-refractivity contribution in [2.75, 3.05) is 0 Å². The number of hydrogen-bond donors (Lipinski definition) is 0. The molecule has 0 nitrogen and oxygen atoms in total. The Labute approximate surface area is 115 Å². The molecule has 2 rings (SSSR count). The molecule has 0 aliphatic heterocycles. The molecule has 0 N–H and O–H groups in total. The van der Waals surface area contributed by atoms with Gasteiger partial charge >= 0.3 is 0 Å². The highest BCUT2D eigenvalue weighted by Crippen LogP contribution is 2.35. The molecule has 0 fully saturated rings. The van der Waals surface area contributed by atoms with E-state index in [1.807, 2.05) is 6.07 Å². The minimum atomic E-state index is 0.637. The van der Waals surface area contributed by atoms with E-state index < -0.39 is 0 Å². The summed E-state index contributed by atoms with van der Waals surface area (Å²) < 4.78 is 0.834. The molecule has 0 radical (unpaired) electrons. The normalized spacial score (nSPS) is 10.4. The Hall–Kier alpha value is -0.750. The molecule has 88 valence electrons. The molecule has 3 heteroatoms. The SMILES string of the molecule is CC(C)CC#Cc1ccc(-c2ccc(Cl)s2)s1. The highest BCUT2D eigenvalue weighted by atomic mass is 35.5. The molecule has 0 unspecified atom stereocenters. The van der Waals surface area contributed by atoms with E-state index >= 15 is 0 Å². The first-order valence-corrected chi connectivity index (χ1v) is 7.50. The molecule has 2 aromatic heterocycles. The zero-order valence-electron chi connectivity index (χ0n) is 9.79. The molecule has 0 aliphatic rings. The van der Waals surface area contributed by atoms with Crippen LogP contribution in [-0.4, -0.2) is 0 Å². The fraction of sp³-hybridized carbons (Fsp3) is 0.286. The number of hydrogen-bond acceptors (Lipinski definition) is 2. The van der Waals surface area contributed by atoms with Crippen molar-refractivity contribution in [2.45, 2.75) is 20.3 Å². The van der Waals surface area contributed by atoms with Gasteiger partial charge < -0.3 is 0 Å². The molecule has 0 aromatic carbocycles. The van der Waals surface area contributed by atoms with E-state index in [1.165, 1.54) is 9.75 Å². The van der Waals surface area contributed by atoms with Crippen LogP contribution in [-0.2, 0) is 0 Å². The molecule has 2 aromatic rings.